The van der Waals surface area contributed by atoms with Crippen molar-refractivity contribution in [2.75, 3.05) is 0 Å². The first-order chi connectivity index (χ1) is 8.97. The first-order valence-electron chi connectivity index (χ1n) is 6.01. The molecule has 0 saturated heterocycles. The minimum Gasteiger partial charge on any atom is -0.450 e. The summed E-state index contributed by atoms with van der Waals surface area (Å²) in [6, 6.07) is 6.82. The van der Waals surface area contributed by atoms with Crippen LogP contribution in [0.3, 0.4) is 0 Å². The molecule has 0 aliphatic carbocycles. The normalized spacial score (nSPS) is 10.8. The predicted molar refractivity (Wildman–Crippen MR) is 75.2 cm³/mol. The molecule has 1 aromatic carbocycles. The molecule has 19 heavy (non-hydrogen) atoms. The Morgan fingerprint density at radius 1 is 1.26 bits per heavy atom. The smallest absolute Gasteiger partial charge is 0.294 e. The Bertz CT molecular complexity index is 633. The third kappa shape index (κ3) is 3.15. The number of aromatic amines is 1. The average Bonchev–Trinajstić information content (AvgIpc) is 2.35. The van der Waals surface area contributed by atoms with Crippen molar-refractivity contribution in [3.05, 3.63) is 51.2 Å². The summed E-state index contributed by atoms with van der Waals surface area (Å²) in [6.45, 7) is 5.70. The molecule has 0 unspecified atom stereocenters. The van der Waals surface area contributed by atoms with E-state index in [1.165, 1.54) is 0 Å². The first kappa shape index (κ1) is 13.6. The Kier molecular flexibility index (Phi) is 3.90. The number of ether oxygens (including phenoxy) is 1. The summed E-state index contributed by atoms with van der Waals surface area (Å²) >= 11 is 5.80. The van der Waals surface area contributed by atoms with Crippen LogP contribution in [0.5, 0.6) is 11.5 Å². The number of nitrogens with zero attached hydrogens (tertiary/aromatic N) is 1. The zero-order chi connectivity index (χ0) is 14.0. The fourth-order valence-corrected chi connectivity index (χ4v) is 1.74. The van der Waals surface area contributed by atoms with E-state index >= 15 is 0 Å². The van der Waals surface area contributed by atoms with Crippen LogP contribution in [-0.4, -0.2) is 9.97 Å². The monoisotopic (exact) mass is 278 g/mol. The number of aromatic nitrogens is 2. The molecule has 1 N–H and O–H groups in total. The van der Waals surface area contributed by atoms with Gasteiger partial charge in [-0.15, -0.1) is 0 Å². The van der Waals surface area contributed by atoms with Crippen molar-refractivity contribution in [2.45, 2.75) is 26.7 Å². The van der Waals surface area contributed by atoms with E-state index in [1.807, 2.05) is 13.8 Å². The number of rotatable bonds is 3. The largest absolute Gasteiger partial charge is 0.450 e. The van der Waals surface area contributed by atoms with E-state index in [0.717, 1.165) is 0 Å². The number of benzene rings is 1. The van der Waals surface area contributed by atoms with Gasteiger partial charge < -0.3 is 9.72 Å². The fourth-order valence-electron chi connectivity index (χ4n) is 1.61. The van der Waals surface area contributed by atoms with Gasteiger partial charge in [0.1, 0.15) is 11.6 Å². The lowest BCUT2D eigenvalue weighted by molar-refractivity contribution is 0.464. The molecule has 0 aliphatic rings. The highest BCUT2D eigenvalue weighted by molar-refractivity contribution is 6.30. The van der Waals surface area contributed by atoms with Crippen LogP contribution in [0.4, 0.5) is 0 Å². The Hall–Kier alpha value is -1.81. The molecule has 2 aromatic rings. The summed E-state index contributed by atoms with van der Waals surface area (Å²) in [5.74, 6) is 1.59. The van der Waals surface area contributed by atoms with Gasteiger partial charge in [0, 0.05) is 10.9 Å². The quantitative estimate of drug-likeness (QED) is 0.932. The molecule has 0 atom stereocenters. The van der Waals surface area contributed by atoms with Crippen LogP contribution in [0.2, 0.25) is 5.02 Å². The van der Waals surface area contributed by atoms with Gasteiger partial charge in [-0.3, -0.25) is 4.79 Å². The van der Waals surface area contributed by atoms with Gasteiger partial charge in [0.05, 0.1) is 5.69 Å². The van der Waals surface area contributed by atoms with Crippen LogP contribution in [0.1, 0.15) is 31.3 Å². The van der Waals surface area contributed by atoms with Crippen LogP contribution in [-0.2, 0) is 0 Å². The number of hydrogen-bond acceptors (Lipinski definition) is 3. The molecule has 0 bridgehead atoms. The zero-order valence-corrected chi connectivity index (χ0v) is 11.8. The van der Waals surface area contributed by atoms with Crippen LogP contribution >= 0.6 is 11.6 Å². The van der Waals surface area contributed by atoms with Gasteiger partial charge in [0.15, 0.2) is 0 Å². The van der Waals surface area contributed by atoms with Crippen molar-refractivity contribution in [3.8, 4) is 11.5 Å². The lowest BCUT2D eigenvalue weighted by Gasteiger charge is -2.10. The number of hydrogen-bond donors (Lipinski definition) is 1. The highest BCUT2D eigenvalue weighted by Crippen LogP contribution is 2.22. The van der Waals surface area contributed by atoms with Gasteiger partial charge in [-0.05, 0) is 31.2 Å². The second-order valence-electron chi connectivity index (χ2n) is 4.58. The molecule has 0 aliphatic heterocycles. The molecule has 2 rings (SSSR count). The third-order valence-corrected chi connectivity index (χ3v) is 2.90. The average molecular weight is 279 g/mol. The van der Waals surface area contributed by atoms with Gasteiger partial charge >= 0.3 is 0 Å². The van der Waals surface area contributed by atoms with E-state index < -0.39 is 0 Å². The molecule has 0 saturated carbocycles. The van der Waals surface area contributed by atoms with E-state index in [9.17, 15) is 4.79 Å². The van der Waals surface area contributed by atoms with E-state index in [1.54, 1.807) is 31.2 Å². The second kappa shape index (κ2) is 5.45. The Balaban J connectivity index is 2.35. The van der Waals surface area contributed by atoms with Gasteiger partial charge in [0.25, 0.3) is 5.56 Å². The molecule has 0 fully saturated rings. The molecular weight excluding hydrogens is 264 g/mol. The zero-order valence-electron chi connectivity index (χ0n) is 11.0. The first-order valence-corrected chi connectivity index (χ1v) is 6.39. The number of H-pyrrole nitrogens is 1. The molecule has 0 amide bonds. The molecular formula is C14H15ClN2O2. The Morgan fingerprint density at radius 2 is 1.89 bits per heavy atom. The topological polar surface area (TPSA) is 55.0 Å². The molecule has 1 heterocycles. The maximum absolute atomic E-state index is 12.0. The molecule has 4 nitrogen and oxygen atoms in total. The minimum atomic E-state index is -0.272. The van der Waals surface area contributed by atoms with Crippen LogP contribution < -0.4 is 10.3 Å². The van der Waals surface area contributed by atoms with Gasteiger partial charge in [-0.2, -0.15) is 0 Å². The second-order valence-corrected chi connectivity index (χ2v) is 5.01. The van der Waals surface area contributed by atoms with Crippen LogP contribution in [0, 0.1) is 6.92 Å². The number of nitrogens with one attached hydrogen (secondary N) is 1. The summed E-state index contributed by atoms with van der Waals surface area (Å²) in [6.07, 6.45) is 0. The Labute approximate surface area is 116 Å². The van der Waals surface area contributed by atoms with Crippen molar-refractivity contribution in [2.24, 2.45) is 0 Å². The van der Waals surface area contributed by atoms with Crippen molar-refractivity contribution in [1.29, 1.82) is 0 Å². The molecule has 5 heteroatoms. The van der Waals surface area contributed by atoms with E-state index in [4.69, 9.17) is 16.3 Å². The van der Waals surface area contributed by atoms with Crippen LogP contribution in [0.15, 0.2) is 29.1 Å². The van der Waals surface area contributed by atoms with E-state index in [0.29, 0.717) is 22.3 Å². The van der Waals surface area contributed by atoms with Crippen molar-refractivity contribution in [1.82, 2.24) is 9.97 Å². The van der Waals surface area contributed by atoms with Crippen LogP contribution in [0.25, 0.3) is 0 Å². The summed E-state index contributed by atoms with van der Waals surface area (Å²) in [4.78, 5) is 19.1. The standard InChI is InChI=1S/C14H15ClN2O2/c1-8(2)13-16-9(3)12(14(18)17-13)19-11-6-4-10(15)5-7-11/h4-8H,1-3H3,(H,16,17,18). The predicted octanol–water partition coefficient (Wildman–Crippen LogP) is 3.65. The number of halogens is 1. The summed E-state index contributed by atoms with van der Waals surface area (Å²) in [5, 5.41) is 0.617. The molecule has 0 spiro atoms. The van der Waals surface area contributed by atoms with E-state index in [-0.39, 0.29) is 17.2 Å². The summed E-state index contributed by atoms with van der Waals surface area (Å²) < 4.78 is 5.56. The lowest BCUT2D eigenvalue weighted by atomic mass is 10.2. The highest BCUT2D eigenvalue weighted by Gasteiger charge is 2.12. The summed E-state index contributed by atoms with van der Waals surface area (Å²) in [5.41, 5.74) is 0.300. The van der Waals surface area contributed by atoms with Gasteiger partial charge in [-0.25, -0.2) is 4.98 Å². The third-order valence-electron chi connectivity index (χ3n) is 2.65. The molecule has 0 radical (unpaired) electrons. The SMILES string of the molecule is Cc1nc(C(C)C)[nH]c(=O)c1Oc1ccc(Cl)cc1. The highest BCUT2D eigenvalue weighted by atomic mass is 35.5. The van der Waals surface area contributed by atoms with Crippen molar-refractivity contribution in [3.63, 3.8) is 0 Å². The molecule has 1 aromatic heterocycles. The number of aryl methyl sites for hydroxylation is 1. The van der Waals surface area contributed by atoms with Crippen molar-refractivity contribution < 1.29 is 4.74 Å². The lowest BCUT2D eigenvalue weighted by Crippen LogP contribution is -2.16. The van der Waals surface area contributed by atoms with E-state index in [2.05, 4.69) is 9.97 Å². The Morgan fingerprint density at radius 3 is 2.42 bits per heavy atom. The summed E-state index contributed by atoms with van der Waals surface area (Å²) in [7, 11) is 0. The molecule has 100 valence electrons. The maximum Gasteiger partial charge on any atom is 0.294 e. The van der Waals surface area contributed by atoms with Crippen molar-refractivity contribution >= 4 is 11.6 Å². The fraction of sp³-hybridized carbons (Fsp3) is 0.286. The maximum atomic E-state index is 12.0. The van der Waals surface area contributed by atoms with Gasteiger partial charge in [-0.1, -0.05) is 25.4 Å². The van der Waals surface area contributed by atoms with Gasteiger partial charge in [0.2, 0.25) is 5.75 Å². The minimum absolute atomic E-state index is 0.163.